The third-order valence-corrected chi connectivity index (χ3v) is 6.20. The van der Waals surface area contributed by atoms with Gasteiger partial charge < -0.3 is 19.0 Å². The Kier molecular flexibility index (Phi) is 5.89. The maximum atomic E-state index is 13.7. The monoisotopic (exact) mass is 507 g/mol. The molecule has 1 atom stereocenters. The summed E-state index contributed by atoms with van der Waals surface area (Å²) in [5, 5.41) is 11.8. The molecule has 0 bridgehead atoms. The van der Waals surface area contributed by atoms with Crippen LogP contribution < -0.4 is 14.4 Å². The van der Waals surface area contributed by atoms with Gasteiger partial charge in [0.1, 0.15) is 11.6 Å². The van der Waals surface area contributed by atoms with Gasteiger partial charge in [0.15, 0.2) is 22.9 Å². The molecule has 9 heteroatoms. The van der Waals surface area contributed by atoms with E-state index in [4.69, 9.17) is 25.5 Å². The molecule has 0 aliphatic carbocycles. The lowest BCUT2D eigenvalue weighted by atomic mass is 9.94. The van der Waals surface area contributed by atoms with Crippen LogP contribution in [-0.4, -0.2) is 31.0 Å². The van der Waals surface area contributed by atoms with E-state index in [1.165, 1.54) is 49.5 Å². The summed E-state index contributed by atoms with van der Waals surface area (Å²) < 4.78 is 29.9. The standard InChI is InChI=1S/C27H19ClFNO6/c1-34-19-9-3-14(4-10-19)23-22(25(32)27(33)30(23)18-7-5-17(29)6-8-18)24(31)20-12-15-11-16(28)13-21(35-2)26(15)36-20/h3-13,23,32H,1-2H3. The fraction of sp³-hybridized carbons (Fsp3) is 0.111. The van der Waals surface area contributed by atoms with Crippen molar-refractivity contribution in [2.24, 2.45) is 0 Å². The van der Waals surface area contributed by atoms with Gasteiger partial charge in [-0.15, -0.1) is 0 Å². The average molecular weight is 508 g/mol. The summed E-state index contributed by atoms with van der Waals surface area (Å²) in [6.07, 6.45) is 0. The van der Waals surface area contributed by atoms with Crippen LogP contribution in [0.15, 0.2) is 82.5 Å². The van der Waals surface area contributed by atoms with Crippen LogP contribution in [0.25, 0.3) is 11.0 Å². The highest BCUT2D eigenvalue weighted by Gasteiger charge is 2.45. The highest BCUT2D eigenvalue weighted by Crippen LogP contribution is 2.43. The van der Waals surface area contributed by atoms with E-state index in [9.17, 15) is 19.1 Å². The maximum absolute atomic E-state index is 13.7. The Hall–Kier alpha value is -4.30. The minimum absolute atomic E-state index is 0.112. The van der Waals surface area contributed by atoms with E-state index in [0.717, 1.165) is 0 Å². The Morgan fingerprint density at radius 3 is 2.36 bits per heavy atom. The van der Waals surface area contributed by atoms with Crippen LogP contribution in [-0.2, 0) is 4.79 Å². The summed E-state index contributed by atoms with van der Waals surface area (Å²) in [6, 6.07) is 15.5. The zero-order valence-corrected chi connectivity index (χ0v) is 19.9. The van der Waals surface area contributed by atoms with Gasteiger partial charge in [-0.05, 0) is 54.1 Å². The van der Waals surface area contributed by atoms with Gasteiger partial charge in [0.2, 0.25) is 5.78 Å². The van der Waals surface area contributed by atoms with Crippen molar-refractivity contribution in [3.8, 4) is 11.5 Å². The number of fused-ring (bicyclic) bond motifs is 1. The molecule has 0 saturated heterocycles. The fourth-order valence-corrected chi connectivity index (χ4v) is 4.51. The zero-order chi connectivity index (χ0) is 25.6. The Morgan fingerprint density at radius 1 is 1.03 bits per heavy atom. The molecular formula is C27H19ClFNO6. The normalized spacial score (nSPS) is 15.6. The smallest absolute Gasteiger partial charge is 0.294 e. The molecule has 1 aromatic heterocycles. The van der Waals surface area contributed by atoms with Gasteiger partial charge in [-0.1, -0.05) is 23.7 Å². The quantitative estimate of drug-likeness (QED) is 0.321. The molecule has 182 valence electrons. The number of ketones is 1. The van der Waals surface area contributed by atoms with E-state index >= 15 is 0 Å². The van der Waals surface area contributed by atoms with Gasteiger partial charge in [0.25, 0.3) is 5.91 Å². The van der Waals surface area contributed by atoms with E-state index in [0.29, 0.717) is 38.7 Å². The van der Waals surface area contributed by atoms with Crippen molar-refractivity contribution in [1.82, 2.24) is 0 Å². The Balaban J connectivity index is 1.65. The molecule has 0 spiro atoms. The predicted octanol–water partition coefficient (Wildman–Crippen LogP) is 6.03. The molecular weight excluding hydrogens is 489 g/mol. The van der Waals surface area contributed by atoms with Gasteiger partial charge in [-0.25, -0.2) is 4.39 Å². The minimum atomic E-state index is -1.01. The number of furan rings is 1. The highest BCUT2D eigenvalue weighted by atomic mass is 35.5. The largest absolute Gasteiger partial charge is 0.503 e. The molecule has 0 radical (unpaired) electrons. The molecule has 36 heavy (non-hydrogen) atoms. The lowest BCUT2D eigenvalue weighted by Gasteiger charge is -2.27. The van der Waals surface area contributed by atoms with Crippen molar-refractivity contribution in [3.05, 3.63) is 100 Å². The van der Waals surface area contributed by atoms with E-state index in [-0.39, 0.29) is 11.3 Å². The Morgan fingerprint density at radius 2 is 1.72 bits per heavy atom. The molecule has 4 aromatic rings. The number of methoxy groups -OCH3 is 2. The number of carbonyl (C=O) groups is 2. The Labute approximate surface area is 209 Å². The summed E-state index contributed by atoms with van der Waals surface area (Å²) in [7, 11) is 2.96. The van der Waals surface area contributed by atoms with E-state index in [1.807, 2.05) is 0 Å². The van der Waals surface area contributed by atoms with Gasteiger partial charge in [0, 0.05) is 22.2 Å². The number of hydrogen-bond acceptors (Lipinski definition) is 6. The van der Waals surface area contributed by atoms with Gasteiger partial charge in [0.05, 0.1) is 25.8 Å². The van der Waals surface area contributed by atoms with E-state index in [1.54, 1.807) is 36.4 Å². The first-order valence-corrected chi connectivity index (χ1v) is 11.2. The van der Waals surface area contributed by atoms with Crippen LogP contribution in [0.3, 0.4) is 0 Å². The summed E-state index contributed by atoms with van der Waals surface area (Å²) in [5.74, 6) is -1.93. The number of nitrogens with zero attached hydrogens (tertiary/aromatic N) is 1. The molecule has 0 fully saturated rings. The lowest BCUT2D eigenvalue weighted by Crippen LogP contribution is -2.31. The molecule has 5 rings (SSSR count). The number of halogens is 2. The van der Waals surface area contributed by atoms with Gasteiger partial charge >= 0.3 is 0 Å². The third-order valence-electron chi connectivity index (χ3n) is 5.98. The molecule has 1 unspecified atom stereocenters. The number of aliphatic hydroxyl groups is 1. The number of Topliss-reactive ketones (excluding diaryl/α,β-unsaturated/α-hetero) is 1. The molecule has 0 saturated carbocycles. The number of rotatable bonds is 6. The molecule has 1 amide bonds. The first-order chi connectivity index (χ1) is 17.3. The van der Waals surface area contributed by atoms with Crippen LogP contribution in [0, 0.1) is 5.82 Å². The maximum Gasteiger partial charge on any atom is 0.294 e. The van der Waals surface area contributed by atoms with Crippen molar-refractivity contribution < 1.29 is 33.0 Å². The molecule has 3 aromatic carbocycles. The summed E-state index contributed by atoms with van der Waals surface area (Å²) in [6.45, 7) is 0. The van der Waals surface area contributed by atoms with Crippen molar-refractivity contribution in [1.29, 1.82) is 0 Å². The van der Waals surface area contributed by atoms with Crippen LogP contribution in [0.1, 0.15) is 22.2 Å². The van der Waals surface area contributed by atoms with Crippen LogP contribution >= 0.6 is 11.6 Å². The van der Waals surface area contributed by atoms with Crippen molar-refractivity contribution in [2.75, 3.05) is 19.1 Å². The number of aliphatic hydroxyl groups excluding tert-OH is 1. The van der Waals surface area contributed by atoms with Crippen LogP contribution in [0.5, 0.6) is 11.5 Å². The summed E-state index contributed by atoms with van der Waals surface area (Å²) in [5.41, 5.74) is 0.942. The number of ether oxygens (including phenoxy) is 2. The number of amides is 1. The number of anilines is 1. The third kappa shape index (κ3) is 3.85. The number of carbonyl (C=O) groups excluding carboxylic acids is 2. The highest BCUT2D eigenvalue weighted by molar-refractivity contribution is 6.31. The number of hydrogen-bond donors (Lipinski definition) is 1. The predicted molar refractivity (Wildman–Crippen MR) is 131 cm³/mol. The molecule has 7 nitrogen and oxygen atoms in total. The van der Waals surface area contributed by atoms with Gasteiger partial charge in [-0.2, -0.15) is 0 Å². The summed E-state index contributed by atoms with van der Waals surface area (Å²) in [4.78, 5) is 28.2. The molecule has 1 aliphatic heterocycles. The topological polar surface area (TPSA) is 89.2 Å². The molecule has 2 heterocycles. The van der Waals surface area contributed by atoms with E-state index in [2.05, 4.69) is 0 Å². The second kappa shape index (κ2) is 9.05. The van der Waals surface area contributed by atoms with Crippen LogP contribution in [0.2, 0.25) is 5.02 Å². The SMILES string of the molecule is COc1ccc(C2C(C(=O)c3cc4cc(Cl)cc(OC)c4o3)=C(O)C(=O)N2c2ccc(F)cc2)cc1. The summed E-state index contributed by atoms with van der Waals surface area (Å²) >= 11 is 6.14. The second-order valence-electron chi connectivity index (χ2n) is 8.06. The Bertz CT molecular complexity index is 1520. The minimum Gasteiger partial charge on any atom is -0.503 e. The van der Waals surface area contributed by atoms with Crippen molar-refractivity contribution >= 4 is 39.9 Å². The van der Waals surface area contributed by atoms with Crippen LogP contribution in [0.4, 0.5) is 10.1 Å². The first-order valence-electron chi connectivity index (χ1n) is 10.8. The molecule has 1 N–H and O–H groups in total. The number of benzene rings is 3. The molecule has 1 aliphatic rings. The fourth-order valence-electron chi connectivity index (χ4n) is 4.29. The van der Waals surface area contributed by atoms with Crippen molar-refractivity contribution in [2.45, 2.75) is 6.04 Å². The van der Waals surface area contributed by atoms with Gasteiger partial charge in [-0.3, -0.25) is 14.5 Å². The zero-order valence-electron chi connectivity index (χ0n) is 19.1. The average Bonchev–Trinajstić information content (AvgIpc) is 3.42. The lowest BCUT2D eigenvalue weighted by molar-refractivity contribution is -0.117. The van der Waals surface area contributed by atoms with E-state index < -0.39 is 29.3 Å². The van der Waals surface area contributed by atoms with Crippen molar-refractivity contribution in [3.63, 3.8) is 0 Å². The second-order valence-corrected chi connectivity index (χ2v) is 8.49. The first kappa shape index (κ1) is 23.4.